The SMILES string of the molecule is CCc1ccc([C@H](C(=O)O)N2CC[C@@H](OCCCCc3ccc4c(n3)NCCC4)C2)cc1. The number of hydrogen-bond acceptors (Lipinski definition) is 5. The first-order valence-corrected chi connectivity index (χ1v) is 12.0. The van der Waals surface area contributed by atoms with Gasteiger partial charge in [-0.1, -0.05) is 37.3 Å². The third kappa shape index (κ3) is 5.67. The zero-order valence-corrected chi connectivity index (χ0v) is 19.1. The van der Waals surface area contributed by atoms with E-state index in [2.05, 4.69) is 24.4 Å². The molecule has 0 saturated carbocycles. The number of ether oxygens (including phenoxy) is 1. The number of anilines is 1. The van der Waals surface area contributed by atoms with Crippen molar-refractivity contribution >= 4 is 11.8 Å². The van der Waals surface area contributed by atoms with Crippen LogP contribution in [0.25, 0.3) is 0 Å². The number of hydrogen-bond donors (Lipinski definition) is 2. The van der Waals surface area contributed by atoms with Crippen LogP contribution in [0.4, 0.5) is 5.82 Å². The van der Waals surface area contributed by atoms with Gasteiger partial charge in [-0.15, -0.1) is 0 Å². The summed E-state index contributed by atoms with van der Waals surface area (Å²) in [4.78, 5) is 18.8. The third-order valence-corrected chi connectivity index (χ3v) is 6.61. The van der Waals surface area contributed by atoms with Gasteiger partial charge in [0.25, 0.3) is 0 Å². The maximum atomic E-state index is 12.0. The van der Waals surface area contributed by atoms with E-state index in [9.17, 15) is 9.90 Å². The normalized spacial score (nSPS) is 19.3. The second-order valence-electron chi connectivity index (χ2n) is 8.91. The number of aryl methyl sites for hydroxylation is 3. The first kappa shape index (κ1) is 22.7. The molecule has 0 amide bonds. The van der Waals surface area contributed by atoms with E-state index in [0.717, 1.165) is 68.7 Å². The Labute approximate surface area is 191 Å². The van der Waals surface area contributed by atoms with Crippen LogP contribution in [-0.2, 0) is 28.8 Å². The summed E-state index contributed by atoms with van der Waals surface area (Å²) in [7, 11) is 0. The van der Waals surface area contributed by atoms with Crippen molar-refractivity contribution in [1.29, 1.82) is 0 Å². The molecule has 172 valence electrons. The van der Waals surface area contributed by atoms with Crippen molar-refractivity contribution in [3.8, 4) is 0 Å². The number of nitrogens with one attached hydrogen (secondary N) is 1. The molecule has 1 fully saturated rings. The topological polar surface area (TPSA) is 74.7 Å². The van der Waals surface area contributed by atoms with Gasteiger partial charge in [-0.2, -0.15) is 0 Å². The van der Waals surface area contributed by atoms with Gasteiger partial charge in [0.1, 0.15) is 11.9 Å². The first-order chi connectivity index (χ1) is 15.6. The van der Waals surface area contributed by atoms with Gasteiger partial charge in [0.05, 0.1) is 6.10 Å². The molecule has 2 atom stereocenters. The highest BCUT2D eigenvalue weighted by Crippen LogP contribution is 2.27. The molecule has 0 bridgehead atoms. The highest BCUT2D eigenvalue weighted by Gasteiger charge is 2.33. The largest absolute Gasteiger partial charge is 0.480 e. The second-order valence-corrected chi connectivity index (χ2v) is 8.91. The molecule has 0 radical (unpaired) electrons. The van der Waals surface area contributed by atoms with Gasteiger partial charge in [0, 0.05) is 31.9 Å². The number of carboxylic acids is 1. The van der Waals surface area contributed by atoms with Crippen LogP contribution >= 0.6 is 0 Å². The van der Waals surface area contributed by atoms with Gasteiger partial charge in [-0.05, 0) is 67.7 Å². The number of aromatic nitrogens is 1. The van der Waals surface area contributed by atoms with E-state index in [1.165, 1.54) is 17.5 Å². The van der Waals surface area contributed by atoms with Crippen LogP contribution in [0.2, 0.25) is 0 Å². The number of carboxylic acid groups (broad SMARTS) is 1. The number of carbonyl (C=O) groups is 1. The van der Waals surface area contributed by atoms with Crippen LogP contribution in [0.3, 0.4) is 0 Å². The molecule has 1 saturated heterocycles. The summed E-state index contributed by atoms with van der Waals surface area (Å²) in [5.41, 5.74) is 4.54. The summed E-state index contributed by atoms with van der Waals surface area (Å²) in [5.74, 6) is 0.273. The number of pyridine rings is 1. The molecule has 1 aromatic carbocycles. The summed E-state index contributed by atoms with van der Waals surface area (Å²) in [5, 5.41) is 13.2. The number of rotatable bonds is 10. The van der Waals surface area contributed by atoms with Crippen LogP contribution in [0.5, 0.6) is 0 Å². The van der Waals surface area contributed by atoms with Crippen molar-refractivity contribution in [2.45, 2.75) is 64.0 Å². The predicted octanol–water partition coefficient (Wildman–Crippen LogP) is 4.24. The molecule has 2 aliphatic heterocycles. The van der Waals surface area contributed by atoms with E-state index in [1.54, 1.807) is 0 Å². The number of likely N-dealkylation sites (tertiary alicyclic amines) is 1. The first-order valence-electron chi connectivity index (χ1n) is 12.0. The lowest BCUT2D eigenvalue weighted by atomic mass is 10.0. The lowest BCUT2D eigenvalue weighted by molar-refractivity contribution is -0.143. The second kappa shape index (κ2) is 10.9. The lowest BCUT2D eigenvalue weighted by Gasteiger charge is -2.24. The quantitative estimate of drug-likeness (QED) is 0.542. The highest BCUT2D eigenvalue weighted by molar-refractivity contribution is 5.75. The van der Waals surface area contributed by atoms with Gasteiger partial charge in [0.15, 0.2) is 0 Å². The standard InChI is InChI=1S/C26H35N3O3/c1-2-19-8-10-20(11-9-19)24(26(30)31)29-16-14-23(18-29)32-17-4-3-7-22-13-12-21-6-5-15-27-25(21)28-22/h8-13,23-24H,2-7,14-18H2,1H3,(H,27,28)(H,30,31)/t23-,24-/m1/s1. The van der Waals surface area contributed by atoms with E-state index in [1.807, 2.05) is 29.2 Å². The molecule has 3 heterocycles. The maximum Gasteiger partial charge on any atom is 0.325 e. The van der Waals surface area contributed by atoms with Gasteiger partial charge >= 0.3 is 5.97 Å². The van der Waals surface area contributed by atoms with E-state index in [0.29, 0.717) is 13.2 Å². The van der Waals surface area contributed by atoms with Crippen LogP contribution in [0, 0.1) is 0 Å². The molecule has 1 aromatic heterocycles. The fourth-order valence-electron chi connectivity index (χ4n) is 4.74. The third-order valence-electron chi connectivity index (χ3n) is 6.61. The summed E-state index contributed by atoms with van der Waals surface area (Å²) in [6.07, 6.45) is 7.25. The fourth-order valence-corrected chi connectivity index (χ4v) is 4.74. The monoisotopic (exact) mass is 437 g/mol. The summed E-state index contributed by atoms with van der Waals surface area (Å²) < 4.78 is 6.10. The zero-order valence-electron chi connectivity index (χ0n) is 19.1. The van der Waals surface area contributed by atoms with Gasteiger partial charge in [-0.3, -0.25) is 9.69 Å². The van der Waals surface area contributed by atoms with Crippen molar-refractivity contribution < 1.29 is 14.6 Å². The van der Waals surface area contributed by atoms with Crippen molar-refractivity contribution in [3.63, 3.8) is 0 Å². The average molecular weight is 438 g/mol. The summed E-state index contributed by atoms with van der Waals surface area (Å²) in [6, 6.07) is 11.7. The molecule has 6 nitrogen and oxygen atoms in total. The molecule has 6 heteroatoms. The number of unbranched alkanes of at least 4 members (excludes halogenated alkanes) is 1. The maximum absolute atomic E-state index is 12.0. The number of aliphatic carboxylic acids is 1. The van der Waals surface area contributed by atoms with Crippen molar-refractivity contribution in [1.82, 2.24) is 9.88 Å². The Morgan fingerprint density at radius 1 is 1.25 bits per heavy atom. The molecule has 4 rings (SSSR count). The Morgan fingerprint density at radius 2 is 2.09 bits per heavy atom. The average Bonchev–Trinajstić information content (AvgIpc) is 3.27. The zero-order chi connectivity index (χ0) is 22.3. The van der Waals surface area contributed by atoms with E-state index >= 15 is 0 Å². The lowest BCUT2D eigenvalue weighted by Crippen LogP contribution is -2.33. The van der Waals surface area contributed by atoms with E-state index in [4.69, 9.17) is 9.72 Å². The van der Waals surface area contributed by atoms with Gasteiger partial charge in [0.2, 0.25) is 0 Å². The van der Waals surface area contributed by atoms with Crippen molar-refractivity contribution in [3.05, 3.63) is 58.8 Å². The van der Waals surface area contributed by atoms with Gasteiger partial charge < -0.3 is 15.2 Å². The Morgan fingerprint density at radius 3 is 2.88 bits per heavy atom. The van der Waals surface area contributed by atoms with Crippen LogP contribution in [0.15, 0.2) is 36.4 Å². The Hall–Kier alpha value is -2.44. The summed E-state index contributed by atoms with van der Waals surface area (Å²) in [6.45, 7) is 5.26. The fraction of sp³-hybridized carbons (Fsp3) is 0.538. The highest BCUT2D eigenvalue weighted by atomic mass is 16.5. The van der Waals surface area contributed by atoms with Crippen LogP contribution in [0.1, 0.15) is 61.0 Å². The molecule has 0 unspecified atom stereocenters. The van der Waals surface area contributed by atoms with Crippen LogP contribution in [-0.4, -0.2) is 53.3 Å². The minimum absolute atomic E-state index is 0.109. The molecule has 2 aliphatic rings. The Bertz CT molecular complexity index is 900. The van der Waals surface area contributed by atoms with E-state index < -0.39 is 12.0 Å². The molecule has 0 spiro atoms. The van der Waals surface area contributed by atoms with Crippen molar-refractivity contribution in [2.24, 2.45) is 0 Å². The number of fused-ring (bicyclic) bond motifs is 1. The number of nitrogens with zero attached hydrogens (tertiary/aromatic N) is 2. The number of benzene rings is 1. The minimum atomic E-state index is -0.790. The molecule has 2 N–H and O–H groups in total. The van der Waals surface area contributed by atoms with Crippen molar-refractivity contribution in [2.75, 3.05) is 31.6 Å². The van der Waals surface area contributed by atoms with E-state index in [-0.39, 0.29) is 6.10 Å². The molecular weight excluding hydrogens is 402 g/mol. The minimum Gasteiger partial charge on any atom is -0.480 e. The smallest absolute Gasteiger partial charge is 0.325 e. The summed E-state index contributed by atoms with van der Waals surface area (Å²) >= 11 is 0. The Balaban J connectivity index is 1.20. The molecule has 32 heavy (non-hydrogen) atoms. The Kier molecular flexibility index (Phi) is 7.76. The molecule has 2 aromatic rings. The molecular formula is C26H35N3O3. The van der Waals surface area contributed by atoms with Crippen LogP contribution < -0.4 is 5.32 Å². The van der Waals surface area contributed by atoms with Gasteiger partial charge in [-0.25, -0.2) is 4.98 Å². The molecule has 0 aliphatic carbocycles. The predicted molar refractivity (Wildman–Crippen MR) is 126 cm³/mol.